The average molecular weight is 447 g/mol. The molecule has 0 radical (unpaired) electrons. The number of carbonyl (C=O) groups is 3. The smallest absolute Gasteiger partial charge is 0.306 e. The number of hydrogen-bond donors (Lipinski definition) is 2. The summed E-state index contributed by atoms with van der Waals surface area (Å²) in [7, 11) is 0. The van der Waals surface area contributed by atoms with E-state index in [1.807, 2.05) is 18.7 Å². The standard InChI is InChI=1S/C19H32N2O6S.C2H6/c1-3-4-9-21(14(2)22)10-6-5-7-17(23)27-15-8-11-26-19(25,12-15)16-13-28-18(24)20-16;1-2/h15-16,25H,3-13H2,1-2H3,(H,20,24);1-2H3. The predicted molar refractivity (Wildman–Crippen MR) is 117 cm³/mol. The highest BCUT2D eigenvalue weighted by Gasteiger charge is 2.47. The lowest BCUT2D eigenvalue weighted by Crippen LogP contribution is -2.56. The molecule has 0 aromatic carbocycles. The van der Waals surface area contributed by atoms with Crippen LogP contribution >= 0.6 is 11.8 Å². The fraction of sp³-hybridized carbons (Fsp3) is 0.857. The molecule has 2 amide bonds. The van der Waals surface area contributed by atoms with Crippen molar-refractivity contribution in [2.45, 2.75) is 90.6 Å². The highest BCUT2D eigenvalue weighted by atomic mass is 32.2. The molecule has 0 aromatic heterocycles. The van der Waals surface area contributed by atoms with Crippen molar-refractivity contribution >= 4 is 28.9 Å². The van der Waals surface area contributed by atoms with Gasteiger partial charge in [-0.1, -0.05) is 39.0 Å². The Morgan fingerprint density at radius 3 is 2.60 bits per heavy atom. The van der Waals surface area contributed by atoms with Gasteiger partial charge in [-0.25, -0.2) is 0 Å². The number of nitrogens with one attached hydrogen (secondary N) is 1. The molecule has 0 aliphatic carbocycles. The van der Waals surface area contributed by atoms with Gasteiger partial charge in [-0.15, -0.1) is 0 Å². The second-order valence-corrected chi connectivity index (χ2v) is 8.40. The van der Waals surface area contributed by atoms with E-state index >= 15 is 0 Å². The number of nitrogens with zero attached hydrogens (tertiary/aromatic N) is 1. The van der Waals surface area contributed by atoms with Crippen molar-refractivity contribution in [2.24, 2.45) is 0 Å². The fourth-order valence-electron chi connectivity index (χ4n) is 3.42. The van der Waals surface area contributed by atoms with Crippen molar-refractivity contribution in [3.8, 4) is 0 Å². The van der Waals surface area contributed by atoms with E-state index in [2.05, 4.69) is 12.2 Å². The summed E-state index contributed by atoms with van der Waals surface area (Å²) >= 11 is 1.11. The zero-order valence-corrected chi connectivity index (χ0v) is 19.6. The van der Waals surface area contributed by atoms with Crippen LogP contribution in [-0.4, -0.2) is 70.5 Å². The van der Waals surface area contributed by atoms with Crippen molar-refractivity contribution in [3.05, 3.63) is 0 Å². The molecule has 3 atom stereocenters. The van der Waals surface area contributed by atoms with Crippen molar-refractivity contribution in [1.82, 2.24) is 10.2 Å². The van der Waals surface area contributed by atoms with Crippen LogP contribution in [-0.2, 0) is 19.1 Å². The van der Waals surface area contributed by atoms with E-state index in [0.29, 0.717) is 25.1 Å². The van der Waals surface area contributed by atoms with Crippen molar-refractivity contribution in [1.29, 1.82) is 0 Å². The first-order chi connectivity index (χ1) is 14.3. The van der Waals surface area contributed by atoms with Gasteiger partial charge in [-0.2, -0.15) is 0 Å². The summed E-state index contributed by atoms with van der Waals surface area (Å²) in [5.41, 5.74) is 0. The number of unbranched alkanes of at least 4 members (excludes halogenated alkanes) is 2. The second-order valence-electron chi connectivity index (χ2n) is 7.41. The fourth-order valence-corrected chi connectivity index (χ4v) is 4.31. The van der Waals surface area contributed by atoms with Gasteiger partial charge in [0.1, 0.15) is 6.10 Å². The van der Waals surface area contributed by atoms with Gasteiger partial charge in [0, 0.05) is 45.0 Å². The Kier molecular flexibility index (Phi) is 12.4. The van der Waals surface area contributed by atoms with Crippen molar-refractivity contribution < 1.29 is 29.0 Å². The summed E-state index contributed by atoms with van der Waals surface area (Å²) in [6, 6.07) is -0.493. The first kappa shape index (κ1) is 26.7. The van der Waals surface area contributed by atoms with Crippen LogP contribution in [0.3, 0.4) is 0 Å². The van der Waals surface area contributed by atoms with Crippen molar-refractivity contribution in [2.75, 3.05) is 25.4 Å². The normalized spacial score (nSPS) is 25.7. The van der Waals surface area contributed by atoms with E-state index in [4.69, 9.17) is 9.47 Å². The lowest BCUT2D eigenvalue weighted by molar-refractivity contribution is -0.257. The molecular formula is C21H38N2O6S. The van der Waals surface area contributed by atoms with Crippen molar-refractivity contribution in [3.63, 3.8) is 0 Å². The zero-order valence-electron chi connectivity index (χ0n) is 18.8. The minimum Gasteiger partial charge on any atom is -0.462 e. The van der Waals surface area contributed by atoms with E-state index in [9.17, 15) is 19.5 Å². The third-order valence-corrected chi connectivity index (χ3v) is 5.99. The maximum Gasteiger partial charge on any atom is 0.306 e. The summed E-state index contributed by atoms with van der Waals surface area (Å²) < 4.78 is 11.0. The minimum atomic E-state index is -1.50. The number of hydrogen-bond acceptors (Lipinski definition) is 7. The average Bonchev–Trinajstić information content (AvgIpc) is 3.16. The lowest BCUT2D eigenvalue weighted by Gasteiger charge is -2.39. The molecule has 0 aromatic rings. The Balaban J connectivity index is 0.00000218. The Labute approximate surface area is 184 Å². The summed E-state index contributed by atoms with van der Waals surface area (Å²) in [4.78, 5) is 36.9. The summed E-state index contributed by atoms with van der Waals surface area (Å²) in [5, 5.41) is 13.2. The van der Waals surface area contributed by atoms with Crippen LogP contribution in [0.4, 0.5) is 4.79 Å². The molecule has 2 N–H and O–H groups in total. The molecule has 2 saturated heterocycles. The quantitative estimate of drug-likeness (QED) is 0.392. The molecule has 174 valence electrons. The summed E-state index contributed by atoms with van der Waals surface area (Å²) in [6.07, 6.45) is 3.96. The van der Waals surface area contributed by atoms with Gasteiger partial charge >= 0.3 is 5.97 Å². The number of ether oxygens (including phenoxy) is 2. The van der Waals surface area contributed by atoms with E-state index < -0.39 is 17.9 Å². The Morgan fingerprint density at radius 2 is 2.00 bits per heavy atom. The van der Waals surface area contributed by atoms with E-state index in [1.54, 1.807) is 6.92 Å². The second kappa shape index (κ2) is 13.9. The molecular weight excluding hydrogens is 408 g/mol. The van der Waals surface area contributed by atoms with Gasteiger partial charge in [0.25, 0.3) is 5.24 Å². The zero-order chi connectivity index (χ0) is 22.6. The third-order valence-electron chi connectivity index (χ3n) is 5.11. The SMILES string of the molecule is CC.CCCCN(CCCCC(=O)OC1CCOC(O)(C2CSC(=O)N2)C1)C(C)=O. The first-order valence-corrected chi connectivity index (χ1v) is 12.1. The number of carbonyl (C=O) groups excluding carboxylic acids is 3. The number of amides is 2. The van der Waals surface area contributed by atoms with Gasteiger partial charge in [0.15, 0.2) is 5.79 Å². The highest BCUT2D eigenvalue weighted by molar-refractivity contribution is 8.14. The maximum atomic E-state index is 12.1. The van der Waals surface area contributed by atoms with Gasteiger partial charge < -0.3 is 24.8 Å². The first-order valence-electron chi connectivity index (χ1n) is 11.1. The van der Waals surface area contributed by atoms with Crippen LogP contribution < -0.4 is 5.32 Å². The number of thioether (sulfide) groups is 1. The molecule has 8 nitrogen and oxygen atoms in total. The monoisotopic (exact) mass is 446 g/mol. The van der Waals surface area contributed by atoms with Crippen LogP contribution in [0.25, 0.3) is 0 Å². The molecule has 2 aliphatic heterocycles. The Bertz CT molecular complexity index is 562. The van der Waals surface area contributed by atoms with Gasteiger partial charge in [0.05, 0.1) is 12.6 Å². The molecule has 0 spiro atoms. The molecule has 2 heterocycles. The molecule has 2 rings (SSSR count). The third kappa shape index (κ3) is 8.81. The summed E-state index contributed by atoms with van der Waals surface area (Å²) in [6.45, 7) is 9.34. The molecule has 30 heavy (non-hydrogen) atoms. The summed E-state index contributed by atoms with van der Waals surface area (Å²) in [5.74, 6) is -1.30. The van der Waals surface area contributed by atoms with E-state index in [-0.39, 0.29) is 36.6 Å². The number of rotatable bonds is 10. The van der Waals surface area contributed by atoms with Crippen LogP contribution in [0.1, 0.15) is 72.6 Å². The van der Waals surface area contributed by atoms with Crippen LogP contribution in [0, 0.1) is 0 Å². The van der Waals surface area contributed by atoms with E-state index in [0.717, 1.165) is 37.6 Å². The number of aliphatic hydroxyl groups is 1. The number of esters is 1. The molecule has 0 bridgehead atoms. The molecule has 2 fully saturated rings. The van der Waals surface area contributed by atoms with Gasteiger partial charge in [-0.3, -0.25) is 14.4 Å². The van der Waals surface area contributed by atoms with Crippen LogP contribution in [0.2, 0.25) is 0 Å². The Morgan fingerprint density at radius 1 is 1.30 bits per heavy atom. The van der Waals surface area contributed by atoms with E-state index in [1.165, 1.54) is 0 Å². The predicted octanol–water partition coefficient (Wildman–Crippen LogP) is 3.07. The molecule has 9 heteroatoms. The molecule has 2 aliphatic rings. The molecule has 0 saturated carbocycles. The van der Waals surface area contributed by atoms with Crippen LogP contribution in [0.5, 0.6) is 0 Å². The maximum absolute atomic E-state index is 12.1. The van der Waals surface area contributed by atoms with Gasteiger partial charge in [0.2, 0.25) is 5.91 Å². The lowest BCUT2D eigenvalue weighted by atomic mass is 9.96. The topological polar surface area (TPSA) is 105 Å². The highest BCUT2D eigenvalue weighted by Crippen LogP contribution is 2.32. The van der Waals surface area contributed by atoms with Gasteiger partial charge in [-0.05, 0) is 19.3 Å². The molecule has 3 unspecified atom stereocenters. The Hall–Kier alpha value is -1.32. The minimum absolute atomic E-state index is 0.0645. The van der Waals surface area contributed by atoms with Crippen LogP contribution in [0.15, 0.2) is 0 Å². The largest absolute Gasteiger partial charge is 0.462 e.